The van der Waals surface area contributed by atoms with E-state index in [0.717, 1.165) is 6.07 Å². The summed E-state index contributed by atoms with van der Waals surface area (Å²) >= 11 is 0. The molecule has 1 saturated heterocycles. The fourth-order valence-corrected chi connectivity index (χ4v) is 2.78. The van der Waals surface area contributed by atoms with Crippen LogP contribution in [0.25, 0.3) is 0 Å². The lowest BCUT2D eigenvalue weighted by molar-refractivity contribution is -0.143. The smallest absolute Gasteiger partial charge is 0.314 e. The molecule has 0 aliphatic carbocycles. The zero-order valence-electron chi connectivity index (χ0n) is 12.5. The predicted octanol–water partition coefficient (Wildman–Crippen LogP) is 3.58. The van der Waals surface area contributed by atoms with Crippen LogP contribution in [0.5, 0.6) is 0 Å². The maximum atomic E-state index is 13.3. The van der Waals surface area contributed by atoms with Crippen LogP contribution in [0.3, 0.4) is 0 Å². The van der Waals surface area contributed by atoms with E-state index < -0.39 is 29.5 Å². The average molecular weight is 351 g/mol. The molecule has 1 fully saturated rings. The van der Waals surface area contributed by atoms with E-state index in [4.69, 9.17) is 5.26 Å². The van der Waals surface area contributed by atoms with Crippen molar-refractivity contribution >= 4 is 0 Å². The highest BCUT2D eigenvalue weighted by molar-refractivity contribution is 5.38. The third kappa shape index (κ3) is 4.19. The first-order valence-corrected chi connectivity index (χ1v) is 7.24. The van der Waals surface area contributed by atoms with Crippen molar-refractivity contribution in [2.45, 2.75) is 24.8 Å². The van der Waals surface area contributed by atoms with Gasteiger partial charge >= 0.3 is 12.4 Å². The number of nitrogens with zero attached hydrogens (tertiary/aromatic N) is 2. The van der Waals surface area contributed by atoms with Crippen molar-refractivity contribution in [3.8, 4) is 6.07 Å². The molecule has 9 heteroatoms. The zero-order chi connectivity index (χ0) is 18.0. The second-order valence-electron chi connectivity index (χ2n) is 5.46. The molecule has 0 amide bonds. The van der Waals surface area contributed by atoms with Crippen LogP contribution in [0.4, 0.5) is 26.3 Å². The summed E-state index contributed by atoms with van der Waals surface area (Å²) < 4.78 is 78.2. The molecule has 0 unspecified atom stereocenters. The average Bonchev–Trinajstić information content (AvgIpc) is 2.51. The van der Waals surface area contributed by atoms with Crippen molar-refractivity contribution in [3.63, 3.8) is 0 Å². The summed E-state index contributed by atoms with van der Waals surface area (Å²) in [7, 11) is 0. The highest BCUT2D eigenvalue weighted by Crippen LogP contribution is 2.41. The molecule has 1 heterocycles. The lowest BCUT2D eigenvalue weighted by Gasteiger charge is -2.35. The van der Waals surface area contributed by atoms with Gasteiger partial charge < -0.3 is 5.32 Å². The Kier molecular flexibility index (Phi) is 5.40. The molecular formula is C15H15F6N3. The molecule has 132 valence electrons. The Morgan fingerprint density at radius 1 is 1.08 bits per heavy atom. The number of hydrogen-bond acceptors (Lipinski definition) is 3. The van der Waals surface area contributed by atoms with E-state index in [1.165, 1.54) is 0 Å². The Morgan fingerprint density at radius 3 is 2.21 bits per heavy atom. The summed E-state index contributed by atoms with van der Waals surface area (Å²) in [4.78, 5) is 1.69. The quantitative estimate of drug-likeness (QED) is 0.846. The van der Waals surface area contributed by atoms with Gasteiger partial charge in [-0.05, 0) is 17.7 Å². The molecule has 1 aromatic carbocycles. The maximum absolute atomic E-state index is 13.3. The number of halogens is 6. The van der Waals surface area contributed by atoms with E-state index >= 15 is 0 Å². The Hall–Kier alpha value is -1.79. The largest absolute Gasteiger partial charge is 0.416 e. The molecule has 0 aromatic heterocycles. The van der Waals surface area contributed by atoms with Crippen LogP contribution in [0.2, 0.25) is 0 Å². The number of hydrogen-bond donors (Lipinski definition) is 1. The van der Waals surface area contributed by atoms with E-state index in [0.29, 0.717) is 32.2 Å². The Bertz CT molecular complexity index is 611. The van der Waals surface area contributed by atoms with Gasteiger partial charge in [0.25, 0.3) is 0 Å². The van der Waals surface area contributed by atoms with Crippen molar-refractivity contribution in [2.24, 2.45) is 0 Å². The molecular weight excluding hydrogens is 336 g/mol. The maximum Gasteiger partial charge on any atom is 0.416 e. The summed E-state index contributed by atoms with van der Waals surface area (Å²) in [6.07, 6.45) is -10.0. The van der Waals surface area contributed by atoms with Gasteiger partial charge in [-0.2, -0.15) is 31.6 Å². The van der Waals surface area contributed by atoms with Gasteiger partial charge in [-0.1, -0.05) is 6.07 Å². The molecule has 0 bridgehead atoms. The molecule has 24 heavy (non-hydrogen) atoms. The SMILES string of the molecule is N#CC[C@H](c1ccc(C(F)(F)F)cc1C(F)(F)F)N1CCNCC1. The minimum atomic E-state index is -4.93. The first-order valence-electron chi connectivity index (χ1n) is 7.24. The van der Waals surface area contributed by atoms with Crippen molar-refractivity contribution < 1.29 is 26.3 Å². The molecule has 3 nitrogen and oxygen atoms in total. The molecule has 2 rings (SSSR count). The molecule has 0 spiro atoms. The highest BCUT2D eigenvalue weighted by atomic mass is 19.4. The van der Waals surface area contributed by atoms with E-state index in [-0.39, 0.29) is 18.1 Å². The molecule has 0 saturated carbocycles. The number of alkyl halides is 6. The summed E-state index contributed by atoms with van der Waals surface area (Å²) in [6.45, 7) is 1.93. The number of piperazine rings is 1. The molecule has 1 aromatic rings. The van der Waals surface area contributed by atoms with Gasteiger partial charge in [-0.3, -0.25) is 4.90 Å². The monoisotopic (exact) mass is 351 g/mol. The van der Waals surface area contributed by atoms with Crippen molar-refractivity contribution in [2.75, 3.05) is 26.2 Å². The minimum absolute atomic E-state index is 0.127. The second kappa shape index (κ2) is 6.99. The van der Waals surface area contributed by atoms with Gasteiger partial charge in [0.15, 0.2) is 0 Å². The number of rotatable bonds is 3. The second-order valence-corrected chi connectivity index (χ2v) is 5.46. The lowest BCUT2D eigenvalue weighted by Crippen LogP contribution is -2.45. The van der Waals surface area contributed by atoms with Crippen molar-refractivity contribution in [1.82, 2.24) is 10.2 Å². The summed E-state index contributed by atoms with van der Waals surface area (Å²) in [5.74, 6) is 0. The molecule has 1 atom stereocenters. The molecule has 1 aliphatic heterocycles. The van der Waals surface area contributed by atoms with Gasteiger partial charge in [0.2, 0.25) is 0 Å². The van der Waals surface area contributed by atoms with Crippen LogP contribution >= 0.6 is 0 Å². The molecule has 0 radical (unpaired) electrons. The number of benzene rings is 1. The van der Waals surface area contributed by atoms with Crippen LogP contribution in [0.1, 0.15) is 29.2 Å². The van der Waals surface area contributed by atoms with Gasteiger partial charge in [0.05, 0.1) is 23.6 Å². The lowest BCUT2D eigenvalue weighted by atomic mass is 9.94. The minimum Gasteiger partial charge on any atom is -0.314 e. The normalized spacial score (nSPS) is 18.2. The number of nitriles is 1. The van der Waals surface area contributed by atoms with Crippen LogP contribution < -0.4 is 5.32 Å². The number of nitrogens with one attached hydrogen (secondary N) is 1. The highest BCUT2D eigenvalue weighted by Gasteiger charge is 2.40. The van der Waals surface area contributed by atoms with E-state index in [2.05, 4.69) is 5.32 Å². The third-order valence-corrected chi connectivity index (χ3v) is 3.92. The first-order chi connectivity index (χ1) is 11.1. The Labute approximate surface area is 134 Å². The van der Waals surface area contributed by atoms with Gasteiger partial charge in [-0.25, -0.2) is 0 Å². The van der Waals surface area contributed by atoms with Crippen LogP contribution in [0.15, 0.2) is 18.2 Å². The standard InChI is InChI=1S/C15H15F6N3/c16-14(17,18)10-1-2-11(12(9-10)15(19,20)21)13(3-4-22)24-7-5-23-6-8-24/h1-2,9,13,23H,3,5-8H2/t13-/m1/s1. The fourth-order valence-electron chi connectivity index (χ4n) is 2.78. The Morgan fingerprint density at radius 2 is 1.71 bits per heavy atom. The predicted molar refractivity (Wildman–Crippen MR) is 73.9 cm³/mol. The summed E-state index contributed by atoms with van der Waals surface area (Å²) in [5, 5.41) is 12.0. The topological polar surface area (TPSA) is 39.1 Å². The van der Waals surface area contributed by atoms with Crippen LogP contribution in [0, 0.1) is 11.3 Å². The van der Waals surface area contributed by atoms with Crippen LogP contribution in [-0.4, -0.2) is 31.1 Å². The third-order valence-electron chi connectivity index (χ3n) is 3.92. The summed E-state index contributed by atoms with van der Waals surface area (Å²) in [6, 6.07) is 2.55. The van der Waals surface area contributed by atoms with Gasteiger partial charge in [0, 0.05) is 32.2 Å². The fraction of sp³-hybridized carbons (Fsp3) is 0.533. The molecule has 1 N–H and O–H groups in total. The van der Waals surface area contributed by atoms with E-state index in [1.54, 1.807) is 4.90 Å². The van der Waals surface area contributed by atoms with E-state index in [9.17, 15) is 26.3 Å². The van der Waals surface area contributed by atoms with Crippen LogP contribution in [-0.2, 0) is 12.4 Å². The summed E-state index contributed by atoms with van der Waals surface area (Å²) in [5.41, 5.74) is -2.98. The van der Waals surface area contributed by atoms with Gasteiger partial charge in [0.1, 0.15) is 0 Å². The van der Waals surface area contributed by atoms with Gasteiger partial charge in [-0.15, -0.1) is 0 Å². The first kappa shape index (κ1) is 18.5. The van der Waals surface area contributed by atoms with E-state index in [1.807, 2.05) is 6.07 Å². The van der Waals surface area contributed by atoms with Crippen molar-refractivity contribution in [3.05, 3.63) is 34.9 Å². The zero-order valence-corrected chi connectivity index (χ0v) is 12.5. The molecule has 1 aliphatic rings. The Balaban J connectivity index is 2.51. The van der Waals surface area contributed by atoms with Crippen molar-refractivity contribution in [1.29, 1.82) is 5.26 Å².